The number of hydrogen-bond donors (Lipinski definition) is 4. The molecular formula is C52H69N9O6. The third kappa shape index (κ3) is 9.05. The van der Waals surface area contributed by atoms with Gasteiger partial charge in [-0.25, -0.2) is 19.6 Å². The van der Waals surface area contributed by atoms with Gasteiger partial charge in [-0.15, -0.1) is 0 Å². The van der Waals surface area contributed by atoms with E-state index < -0.39 is 24.3 Å². The smallest absolute Gasteiger partial charge is 0.407 e. The Bertz CT molecular complexity index is 2490. The number of aromatic nitrogens is 4. The first-order chi connectivity index (χ1) is 31.9. The lowest BCUT2D eigenvalue weighted by molar-refractivity contribution is -0.136. The molecule has 0 aliphatic carbocycles. The number of carbonyl (C=O) groups is 4. The number of alkyl carbamates (subject to hydrolysis) is 2. The van der Waals surface area contributed by atoms with Gasteiger partial charge in [0.25, 0.3) is 0 Å². The first-order valence-electron chi connectivity index (χ1n) is 24.1. The van der Waals surface area contributed by atoms with Gasteiger partial charge in [0, 0.05) is 18.8 Å². The van der Waals surface area contributed by atoms with Crippen LogP contribution >= 0.6 is 0 Å². The Kier molecular flexibility index (Phi) is 13.3. The highest BCUT2D eigenvalue weighted by molar-refractivity contribution is 5.88. The minimum absolute atomic E-state index is 0.00104. The van der Waals surface area contributed by atoms with E-state index in [9.17, 15) is 19.2 Å². The highest BCUT2D eigenvalue weighted by atomic mass is 16.5. The van der Waals surface area contributed by atoms with Crippen molar-refractivity contribution in [3.8, 4) is 0 Å². The maximum atomic E-state index is 14.0. The first-order valence-corrected chi connectivity index (χ1v) is 24.1. The molecule has 6 atom stereocenters. The number of aryl methyl sites for hydroxylation is 2. The van der Waals surface area contributed by atoms with Crippen LogP contribution in [0.15, 0.2) is 48.5 Å². The minimum Gasteiger partial charge on any atom is -0.453 e. The van der Waals surface area contributed by atoms with E-state index in [-0.39, 0.29) is 53.2 Å². The summed E-state index contributed by atoms with van der Waals surface area (Å²) in [6.07, 6.45) is 3.82. The number of hydrogen-bond acceptors (Lipinski definition) is 9. The molecule has 358 valence electrons. The lowest BCUT2D eigenvalue weighted by Crippen LogP contribution is -2.51. The zero-order valence-corrected chi connectivity index (χ0v) is 41.1. The van der Waals surface area contributed by atoms with Crippen LogP contribution in [0, 0.1) is 25.7 Å². The molecule has 3 aromatic carbocycles. The Balaban J connectivity index is 1.12. The van der Waals surface area contributed by atoms with Crippen LogP contribution in [0.3, 0.4) is 0 Å². The molecule has 0 spiro atoms. The van der Waals surface area contributed by atoms with Gasteiger partial charge in [-0.05, 0) is 122 Å². The topological polar surface area (TPSA) is 178 Å². The summed E-state index contributed by atoms with van der Waals surface area (Å²) >= 11 is 0. The number of methoxy groups -OCH3 is 2. The van der Waals surface area contributed by atoms with Gasteiger partial charge in [0.2, 0.25) is 11.8 Å². The number of nitrogens with one attached hydrogen (secondary N) is 4. The predicted molar refractivity (Wildman–Crippen MR) is 260 cm³/mol. The van der Waals surface area contributed by atoms with Gasteiger partial charge in [-0.2, -0.15) is 0 Å². The van der Waals surface area contributed by atoms with Gasteiger partial charge in [-0.1, -0.05) is 72.7 Å². The molecule has 4 N–H and O–H groups in total. The van der Waals surface area contributed by atoms with Crippen molar-refractivity contribution < 1.29 is 28.7 Å². The van der Waals surface area contributed by atoms with Crippen molar-refractivity contribution in [3.63, 3.8) is 0 Å². The number of ether oxygens (including phenoxy) is 2. The molecule has 3 saturated heterocycles. The number of rotatable bonds is 11. The average molecular weight is 916 g/mol. The quantitative estimate of drug-likeness (QED) is 0.100. The van der Waals surface area contributed by atoms with Gasteiger partial charge in [-0.3, -0.25) is 9.59 Å². The number of fused-ring (bicyclic) bond motifs is 2. The first kappa shape index (κ1) is 47.4. The van der Waals surface area contributed by atoms with Gasteiger partial charge in [0.15, 0.2) is 0 Å². The molecule has 8 rings (SSSR count). The summed E-state index contributed by atoms with van der Waals surface area (Å²) < 4.78 is 9.70. The van der Waals surface area contributed by atoms with Crippen LogP contribution in [0.5, 0.6) is 0 Å². The molecule has 0 saturated carbocycles. The number of carbonyl (C=O) groups excluding carboxylic acids is 4. The van der Waals surface area contributed by atoms with Crippen LogP contribution in [0.25, 0.3) is 22.1 Å². The zero-order chi connectivity index (χ0) is 48.1. The molecule has 15 heteroatoms. The summed E-state index contributed by atoms with van der Waals surface area (Å²) in [6.45, 7) is 19.9. The second-order valence-corrected chi connectivity index (χ2v) is 20.5. The summed E-state index contributed by atoms with van der Waals surface area (Å²) in [5.74, 6) is 0.995. The van der Waals surface area contributed by atoms with Crippen molar-refractivity contribution in [2.24, 2.45) is 11.8 Å². The Morgan fingerprint density at radius 2 is 1.04 bits per heavy atom. The predicted octanol–water partition coefficient (Wildman–Crippen LogP) is 9.52. The number of H-pyrrole nitrogens is 2. The zero-order valence-electron chi connectivity index (χ0n) is 41.1. The fourth-order valence-corrected chi connectivity index (χ4v) is 10.8. The number of nitrogens with zero attached hydrogens (tertiary/aromatic N) is 5. The van der Waals surface area contributed by atoms with E-state index in [4.69, 9.17) is 19.4 Å². The Morgan fingerprint density at radius 1 is 0.627 bits per heavy atom. The normalized spacial score (nSPS) is 20.9. The van der Waals surface area contributed by atoms with Crippen LogP contribution in [0.2, 0.25) is 0 Å². The number of amides is 4. The molecule has 15 nitrogen and oxygen atoms in total. The summed E-state index contributed by atoms with van der Waals surface area (Å²) in [6, 6.07) is 16.0. The molecule has 3 fully saturated rings. The SMILES string of the molecule is COC(=O)N[C@H](C(=O)N1CCC[C@H]1c1nc2c(C)c([C@H]3CC[C@@H](c4ccc5[nH]c([C@@H]6CCCN6C(=O)[C@@H](NC(=O)OC)C(C)C)nc5c4C)N3c3ccc(C(C)(C)C)cc3)ccc2[nH]1)C(C)C. The molecule has 0 bridgehead atoms. The molecule has 3 aliphatic rings. The highest BCUT2D eigenvalue weighted by Crippen LogP contribution is 2.50. The van der Waals surface area contributed by atoms with E-state index in [0.29, 0.717) is 13.1 Å². The van der Waals surface area contributed by atoms with Gasteiger partial charge >= 0.3 is 12.2 Å². The highest BCUT2D eigenvalue weighted by Gasteiger charge is 2.41. The number of benzene rings is 3. The number of anilines is 1. The molecule has 2 aromatic heterocycles. The maximum Gasteiger partial charge on any atom is 0.407 e. The van der Waals surface area contributed by atoms with E-state index in [1.807, 2.05) is 37.5 Å². The molecular weight excluding hydrogens is 847 g/mol. The molecule has 5 heterocycles. The maximum absolute atomic E-state index is 14.0. The third-order valence-corrected chi connectivity index (χ3v) is 14.6. The standard InChI is InChI=1S/C52H69N9O6/c1-28(2)42(57-50(64)66-10)48(62)59-26-12-14-40(59)46-53-36-22-20-34(30(5)44(36)55-46)38-24-25-39(61(38)33-18-16-32(17-19-33)52(7,8)9)35-21-23-37-45(31(35)6)56-47(54-37)41-15-13-27-60(41)49(63)43(29(3)4)58-51(65)67-11/h16-23,28-29,38-43H,12-15,24-27H2,1-11H3,(H,53,55)(H,54,56)(H,57,64)(H,58,65)/t38-,39+,40-,41-,42-,43-/m0/s1. The summed E-state index contributed by atoms with van der Waals surface area (Å²) in [7, 11) is 2.61. The van der Waals surface area contributed by atoms with E-state index in [1.54, 1.807) is 0 Å². The van der Waals surface area contributed by atoms with Crippen molar-refractivity contribution in [2.45, 2.75) is 143 Å². The summed E-state index contributed by atoms with van der Waals surface area (Å²) in [4.78, 5) is 76.4. The van der Waals surface area contributed by atoms with Crippen molar-refractivity contribution in [3.05, 3.63) is 88.0 Å². The molecule has 5 aromatic rings. The van der Waals surface area contributed by atoms with Crippen LogP contribution in [0.4, 0.5) is 15.3 Å². The molecule has 3 aliphatic heterocycles. The summed E-state index contributed by atoms with van der Waals surface area (Å²) in [5.41, 5.74) is 10.7. The van der Waals surface area contributed by atoms with Crippen LogP contribution in [-0.4, -0.2) is 93.1 Å². The van der Waals surface area contributed by atoms with E-state index in [1.165, 1.54) is 30.9 Å². The molecule has 0 unspecified atom stereocenters. The number of likely N-dealkylation sites (tertiary alicyclic amines) is 2. The Labute approximate surface area is 394 Å². The molecule has 4 amide bonds. The lowest BCUT2D eigenvalue weighted by atomic mass is 9.87. The van der Waals surface area contributed by atoms with Crippen molar-refractivity contribution >= 4 is 51.8 Å². The van der Waals surface area contributed by atoms with Crippen molar-refractivity contribution in [1.29, 1.82) is 0 Å². The van der Waals surface area contributed by atoms with Gasteiger partial charge in [0.1, 0.15) is 23.7 Å². The van der Waals surface area contributed by atoms with Crippen molar-refractivity contribution in [1.82, 2.24) is 40.4 Å². The Hall–Kier alpha value is -6.12. The van der Waals surface area contributed by atoms with E-state index >= 15 is 0 Å². The number of imidazole rings is 2. The monoisotopic (exact) mass is 916 g/mol. The summed E-state index contributed by atoms with van der Waals surface area (Å²) in [5, 5.41) is 5.51. The Morgan fingerprint density at radius 3 is 1.42 bits per heavy atom. The van der Waals surface area contributed by atoms with E-state index in [2.05, 4.69) is 109 Å². The number of aromatic amines is 2. The molecule has 67 heavy (non-hydrogen) atoms. The molecule has 0 radical (unpaired) electrons. The third-order valence-electron chi connectivity index (χ3n) is 14.6. The fourth-order valence-electron chi connectivity index (χ4n) is 10.8. The fraction of sp³-hybridized carbons (Fsp3) is 0.538. The van der Waals surface area contributed by atoms with Crippen LogP contribution in [-0.2, 0) is 24.5 Å². The lowest BCUT2D eigenvalue weighted by Gasteiger charge is -2.35. The average Bonchev–Trinajstić information content (AvgIpc) is 4.15. The van der Waals surface area contributed by atoms with Crippen LogP contribution in [0.1, 0.15) is 151 Å². The largest absolute Gasteiger partial charge is 0.453 e. The van der Waals surface area contributed by atoms with E-state index in [0.717, 1.165) is 89.1 Å². The van der Waals surface area contributed by atoms with Crippen molar-refractivity contribution in [2.75, 3.05) is 32.2 Å². The second kappa shape index (κ2) is 18.9. The van der Waals surface area contributed by atoms with Crippen LogP contribution < -0.4 is 15.5 Å². The van der Waals surface area contributed by atoms with Gasteiger partial charge in [0.05, 0.1) is 60.5 Å². The van der Waals surface area contributed by atoms with Gasteiger partial charge < -0.3 is 44.8 Å². The minimum atomic E-state index is -0.710. The second-order valence-electron chi connectivity index (χ2n) is 20.5.